The number of nitrogen functional groups attached to an aromatic ring is 1. The van der Waals surface area contributed by atoms with Crippen molar-refractivity contribution in [2.45, 2.75) is 12.9 Å². The summed E-state index contributed by atoms with van der Waals surface area (Å²) in [7, 11) is 0. The molecule has 4 heterocycles. The molecule has 1 aliphatic heterocycles. The zero-order valence-corrected chi connectivity index (χ0v) is 18.8. The zero-order chi connectivity index (χ0) is 25.6. The number of ether oxygens (including phenoxy) is 2. The minimum atomic E-state index is -4.94. The molecule has 1 aliphatic rings. The first-order valence-corrected chi connectivity index (χ1v) is 10.7. The first-order valence-electron chi connectivity index (χ1n) is 10.4. The molecule has 0 unspecified atom stereocenters. The molecule has 0 saturated carbocycles. The summed E-state index contributed by atoms with van der Waals surface area (Å²) in [6, 6.07) is 7.41. The fraction of sp³-hybridized carbons (Fsp3) is 0.182. The van der Waals surface area contributed by atoms with E-state index in [0.717, 1.165) is 18.2 Å². The Morgan fingerprint density at radius 3 is 2.72 bits per heavy atom. The molecule has 5 rings (SSSR count). The minimum Gasteiger partial charge on any atom is -0.475 e. The fourth-order valence-corrected chi connectivity index (χ4v) is 4.00. The van der Waals surface area contributed by atoms with Crippen molar-refractivity contribution in [3.05, 3.63) is 64.7 Å². The third-order valence-corrected chi connectivity index (χ3v) is 5.62. The zero-order valence-electron chi connectivity index (χ0n) is 18.1. The summed E-state index contributed by atoms with van der Waals surface area (Å²) in [4.78, 5) is 22.9. The average Bonchev–Trinajstić information content (AvgIpc) is 3.11. The van der Waals surface area contributed by atoms with E-state index in [9.17, 15) is 22.4 Å². The summed E-state index contributed by atoms with van der Waals surface area (Å²) in [5.41, 5.74) is 6.92. The highest BCUT2D eigenvalue weighted by molar-refractivity contribution is 6.32. The van der Waals surface area contributed by atoms with Crippen molar-refractivity contribution < 1.29 is 31.8 Å². The van der Waals surface area contributed by atoms with Crippen LogP contribution in [0.3, 0.4) is 0 Å². The molecule has 1 amide bonds. The van der Waals surface area contributed by atoms with Crippen LogP contribution in [0.2, 0.25) is 5.15 Å². The van der Waals surface area contributed by atoms with E-state index in [2.05, 4.69) is 19.8 Å². The number of carbonyl (C=O) groups excluding carboxylic acids is 1. The van der Waals surface area contributed by atoms with E-state index in [1.54, 1.807) is 18.3 Å². The largest absolute Gasteiger partial charge is 0.573 e. The number of hydrogen-bond donors (Lipinski definition) is 1. The van der Waals surface area contributed by atoms with Gasteiger partial charge < -0.3 is 20.1 Å². The van der Waals surface area contributed by atoms with Gasteiger partial charge in [-0.05, 0) is 42.0 Å². The molecule has 9 nitrogen and oxygen atoms in total. The van der Waals surface area contributed by atoms with E-state index >= 15 is 0 Å². The maximum atomic E-state index is 14.4. The van der Waals surface area contributed by atoms with Gasteiger partial charge in [-0.3, -0.25) is 4.79 Å². The highest BCUT2D eigenvalue weighted by Crippen LogP contribution is 2.34. The molecule has 2 N–H and O–H groups in total. The second-order valence-electron chi connectivity index (χ2n) is 7.74. The molecule has 186 valence electrons. The number of nitrogens with two attached hydrogens (primary N) is 1. The van der Waals surface area contributed by atoms with Crippen LogP contribution in [0.15, 0.2) is 42.6 Å². The van der Waals surface area contributed by atoms with Crippen LogP contribution in [-0.2, 0) is 6.54 Å². The van der Waals surface area contributed by atoms with Crippen molar-refractivity contribution in [2.75, 3.05) is 18.9 Å². The lowest BCUT2D eigenvalue weighted by Gasteiger charge is -2.21. The predicted molar refractivity (Wildman–Crippen MR) is 119 cm³/mol. The van der Waals surface area contributed by atoms with Gasteiger partial charge >= 0.3 is 6.36 Å². The van der Waals surface area contributed by atoms with Gasteiger partial charge in [0.2, 0.25) is 11.8 Å². The molecular weight excluding hydrogens is 508 g/mol. The maximum absolute atomic E-state index is 14.4. The Morgan fingerprint density at radius 2 is 1.94 bits per heavy atom. The van der Waals surface area contributed by atoms with E-state index in [4.69, 9.17) is 22.1 Å². The third-order valence-electron chi connectivity index (χ3n) is 5.34. The number of alkyl halides is 3. The van der Waals surface area contributed by atoms with Gasteiger partial charge in [-0.1, -0.05) is 11.6 Å². The molecule has 4 aromatic rings. The van der Waals surface area contributed by atoms with Crippen LogP contribution in [0, 0.1) is 5.82 Å². The molecule has 0 bridgehead atoms. The highest BCUT2D eigenvalue weighted by atomic mass is 35.5. The lowest BCUT2D eigenvalue weighted by molar-refractivity contribution is -0.274. The van der Waals surface area contributed by atoms with Gasteiger partial charge in [0.25, 0.3) is 5.91 Å². The van der Waals surface area contributed by atoms with Crippen LogP contribution in [-0.4, -0.2) is 49.9 Å². The summed E-state index contributed by atoms with van der Waals surface area (Å²) in [5.74, 6) is -1.90. The van der Waals surface area contributed by atoms with Crippen LogP contribution in [0.1, 0.15) is 15.9 Å². The lowest BCUT2D eigenvalue weighted by Crippen LogP contribution is -2.32. The molecule has 0 fully saturated rings. The lowest BCUT2D eigenvalue weighted by atomic mass is 10.1. The quantitative estimate of drug-likeness (QED) is 0.317. The fourth-order valence-electron chi connectivity index (χ4n) is 3.76. The molecule has 0 aliphatic carbocycles. The van der Waals surface area contributed by atoms with Gasteiger partial charge in [0.1, 0.15) is 28.9 Å². The monoisotopic (exact) mass is 522 g/mol. The molecule has 0 spiro atoms. The van der Waals surface area contributed by atoms with Crippen LogP contribution in [0.5, 0.6) is 11.6 Å². The minimum absolute atomic E-state index is 0.00670. The molecule has 1 aromatic carbocycles. The van der Waals surface area contributed by atoms with E-state index in [0.29, 0.717) is 16.8 Å². The second-order valence-corrected chi connectivity index (χ2v) is 8.10. The van der Waals surface area contributed by atoms with Crippen molar-refractivity contribution >= 4 is 29.1 Å². The average molecular weight is 523 g/mol. The molecule has 0 radical (unpaired) electrons. The molecule has 0 saturated heterocycles. The first-order chi connectivity index (χ1) is 17.1. The topological polar surface area (TPSA) is 108 Å². The highest BCUT2D eigenvalue weighted by Gasteiger charge is 2.32. The van der Waals surface area contributed by atoms with E-state index in [1.165, 1.54) is 15.5 Å². The normalized spacial score (nSPS) is 13.9. The standard InChI is InChI=1S/C22H15ClF4N6O3/c23-18-14(11-3-4-33-17(8-11)29-21(28)31-33)9-15-19(30-18)35-6-5-32(20(15)34)10-12-7-13(1-2-16(12)24)36-22(25,26)27/h1-4,7-9H,5-6,10H2,(H2,28,31). The van der Waals surface area contributed by atoms with Crippen molar-refractivity contribution in [2.24, 2.45) is 0 Å². The number of fused-ring (bicyclic) bond motifs is 2. The molecule has 14 heteroatoms. The number of halogens is 5. The summed E-state index contributed by atoms with van der Waals surface area (Å²) in [6.45, 7) is -0.296. The van der Waals surface area contributed by atoms with Gasteiger partial charge in [0, 0.05) is 23.9 Å². The first kappa shape index (κ1) is 23.6. The maximum Gasteiger partial charge on any atom is 0.573 e. The molecule has 0 atom stereocenters. The number of pyridine rings is 2. The molecule has 3 aromatic heterocycles. The number of aromatic nitrogens is 4. The Kier molecular flexibility index (Phi) is 5.79. The summed E-state index contributed by atoms with van der Waals surface area (Å²) < 4.78 is 63.0. The molecule has 36 heavy (non-hydrogen) atoms. The van der Waals surface area contributed by atoms with E-state index in [-0.39, 0.29) is 47.8 Å². The van der Waals surface area contributed by atoms with Crippen LogP contribution in [0.25, 0.3) is 16.8 Å². The Bertz CT molecular complexity index is 1490. The Balaban J connectivity index is 1.48. The number of carbonyl (C=O) groups is 1. The van der Waals surface area contributed by atoms with Gasteiger partial charge in [-0.15, -0.1) is 18.3 Å². The third kappa shape index (κ3) is 4.69. The van der Waals surface area contributed by atoms with Gasteiger partial charge in [-0.25, -0.2) is 13.9 Å². The molecular formula is C22H15ClF4N6O3. The number of benzene rings is 1. The van der Waals surface area contributed by atoms with Crippen molar-refractivity contribution in [1.29, 1.82) is 0 Å². The van der Waals surface area contributed by atoms with Gasteiger partial charge in [0.15, 0.2) is 5.65 Å². The van der Waals surface area contributed by atoms with Gasteiger partial charge in [0.05, 0.1) is 6.54 Å². The Labute approximate surface area is 205 Å². The summed E-state index contributed by atoms with van der Waals surface area (Å²) in [6.07, 6.45) is -3.33. The SMILES string of the molecule is Nc1nc2cc(-c3cc4c(nc3Cl)OCCN(Cc3cc(OC(F)(F)F)ccc3F)C4=O)ccn2n1. The van der Waals surface area contributed by atoms with E-state index in [1.807, 2.05) is 0 Å². The van der Waals surface area contributed by atoms with Crippen LogP contribution in [0.4, 0.5) is 23.5 Å². The predicted octanol–water partition coefficient (Wildman–Crippen LogP) is 4.10. The second kappa shape index (κ2) is 8.82. The summed E-state index contributed by atoms with van der Waals surface area (Å²) in [5, 5.41) is 4.06. The van der Waals surface area contributed by atoms with Crippen molar-refractivity contribution in [1.82, 2.24) is 24.5 Å². The van der Waals surface area contributed by atoms with Crippen LogP contribution >= 0.6 is 11.6 Å². The number of rotatable bonds is 4. The summed E-state index contributed by atoms with van der Waals surface area (Å²) >= 11 is 6.37. The number of anilines is 1. The Morgan fingerprint density at radius 1 is 1.14 bits per heavy atom. The smallest absolute Gasteiger partial charge is 0.475 e. The van der Waals surface area contributed by atoms with Crippen molar-refractivity contribution in [3.8, 4) is 22.8 Å². The number of amides is 1. The van der Waals surface area contributed by atoms with Crippen LogP contribution < -0.4 is 15.2 Å². The van der Waals surface area contributed by atoms with E-state index < -0.39 is 23.8 Å². The number of nitrogens with zero attached hydrogens (tertiary/aromatic N) is 5. The number of hydrogen-bond acceptors (Lipinski definition) is 7. The Hall–Kier alpha value is -4.13. The van der Waals surface area contributed by atoms with Gasteiger partial charge in [-0.2, -0.15) is 4.98 Å². The van der Waals surface area contributed by atoms with Crippen molar-refractivity contribution in [3.63, 3.8) is 0 Å².